The Labute approximate surface area is 133 Å². The lowest BCUT2D eigenvalue weighted by molar-refractivity contribution is 0.190. The molecule has 0 aliphatic heterocycles. The molecule has 21 heavy (non-hydrogen) atoms. The third-order valence-corrected chi connectivity index (χ3v) is 5.14. The molecule has 1 fully saturated rings. The van der Waals surface area contributed by atoms with Crippen molar-refractivity contribution in [2.75, 3.05) is 0 Å². The molecule has 0 saturated heterocycles. The summed E-state index contributed by atoms with van der Waals surface area (Å²) in [6.45, 7) is 2.27. The molecule has 4 nitrogen and oxygen atoms in total. The number of rotatable bonds is 3. The van der Waals surface area contributed by atoms with E-state index in [1.165, 1.54) is 0 Å². The molecule has 1 aromatic carbocycles. The van der Waals surface area contributed by atoms with Crippen LogP contribution in [0.2, 0.25) is 0 Å². The first-order valence-electron chi connectivity index (χ1n) is 7.42. The average molecular weight is 350 g/mol. The second-order valence-corrected chi connectivity index (χ2v) is 6.98. The van der Waals surface area contributed by atoms with Crippen LogP contribution in [0, 0.1) is 5.92 Å². The summed E-state index contributed by atoms with van der Waals surface area (Å²) in [6.07, 6.45) is 4.74. The Morgan fingerprint density at radius 1 is 1.33 bits per heavy atom. The van der Waals surface area contributed by atoms with Crippen LogP contribution in [-0.4, -0.2) is 10.1 Å². The van der Waals surface area contributed by atoms with Crippen LogP contribution in [0.4, 0.5) is 0 Å². The molecule has 112 valence electrons. The van der Waals surface area contributed by atoms with E-state index in [1.54, 1.807) is 0 Å². The molecule has 0 bridgehead atoms. The number of hydrogen-bond acceptors (Lipinski definition) is 4. The fourth-order valence-corrected chi connectivity index (χ4v) is 3.26. The lowest BCUT2D eigenvalue weighted by Crippen LogP contribution is -2.40. The minimum absolute atomic E-state index is 0.439. The molecular formula is C16H20BrN3O. The molecule has 0 radical (unpaired) electrons. The van der Waals surface area contributed by atoms with E-state index < -0.39 is 5.54 Å². The maximum absolute atomic E-state index is 6.47. The molecule has 5 heteroatoms. The maximum atomic E-state index is 6.47. The molecule has 0 amide bonds. The number of nitrogens with zero attached hydrogens (tertiary/aromatic N) is 2. The maximum Gasteiger partial charge on any atom is 0.246 e. The summed E-state index contributed by atoms with van der Waals surface area (Å²) in [5.41, 5.74) is 7.18. The van der Waals surface area contributed by atoms with Crippen molar-refractivity contribution in [3.63, 3.8) is 0 Å². The van der Waals surface area contributed by atoms with Crippen molar-refractivity contribution in [3.8, 4) is 0 Å². The highest BCUT2D eigenvalue weighted by atomic mass is 79.9. The fraction of sp³-hybridized carbons (Fsp3) is 0.500. The van der Waals surface area contributed by atoms with Crippen LogP contribution < -0.4 is 5.73 Å². The summed E-state index contributed by atoms with van der Waals surface area (Å²) in [6, 6.07) is 8.07. The van der Waals surface area contributed by atoms with E-state index in [0.29, 0.717) is 18.1 Å². The fourth-order valence-electron chi connectivity index (χ4n) is 2.83. The van der Waals surface area contributed by atoms with Gasteiger partial charge in [0.2, 0.25) is 5.89 Å². The molecule has 1 aliphatic carbocycles. The molecule has 0 atom stereocenters. The number of benzene rings is 1. The van der Waals surface area contributed by atoms with Crippen LogP contribution >= 0.6 is 15.9 Å². The Hall–Kier alpha value is -1.20. The lowest BCUT2D eigenvalue weighted by Gasteiger charge is -2.32. The number of hydrogen-bond donors (Lipinski definition) is 1. The first kappa shape index (κ1) is 14.7. The van der Waals surface area contributed by atoms with Crippen molar-refractivity contribution >= 4 is 15.9 Å². The minimum atomic E-state index is -0.439. The van der Waals surface area contributed by atoms with E-state index in [-0.39, 0.29) is 0 Å². The van der Waals surface area contributed by atoms with Gasteiger partial charge in [-0.25, -0.2) is 0 Å². The summed E-state index contributed by atoms with van der Waals surface area (Å²) in [5.74, 6) is 2.03. The van der Waals surface area contributed by atoms with Gasteiger partial charge in [-0.05, 0) is 43.2 Å². The highest BCUT2D eigenvalue weighted by Gasteiger charge is 2.37. The summed E-state index contributed by atoms with van der Waals surface area (Å²) in [7, 11) is 0. The van der Waals surface area contributed by atoms with Gasteiger partial charge in [0.25, 0.3) is 0 Å². The van der Waals surface area contributed by atoms with Gasteiger partial charge in [-0.15, -0.1) is 0 Å². The summed E-state index contributed by atoms with van der Waals surface area (Å²) in [4.78, 5) is 4.54. The number of halogens is 1. The highest BCUT2D eigenvalue weighted by Crippen LogP contribution is 2.36. The molecule has 2 N–H and O–H groups in total. The van der Waals surface area contributed by atoms with Crippen molar-refractivity contribution in [2.45, 2.75) is 44.6 Å². The first-order chi connectivity index (χ1) is 10.1. The zero-order valence-corrected chi connectivity index (χ0v) is 13.8. The predicted octanol–water partition coefficient (Wildman–Crippen LogP) is 3.79. The molecule has 3 rings (SSSR count). The van der Waals surface area contributed by atoms with E-state index in [4.69, 9.17) is 10.3 Å². The zero-order chi connectivity index (χ0) is 14.9. The van der Waals surface area contributed by atoms with Gasteiger partial charge in [0, 0.05) is 10.9 Å². The lowest BCUT2D eigenvalue weighted by atomic mass is 9.78. The summed E-state index contributed by atoms with van der Waals surface area (Å²) in [5, 5.41) is 4.11. The van der Waals surface area contributed by atoms with Gasteiger partial charge in [-0.1, -0.05) is 46.2 Å². The van der Waals surface area contributed by atoms with Gasteiger partial charge < -0.3 is 10.3 Å². The molecular weight excluding hydrogens is 330 g/mol. The van der Waals surface area contributed by atoms with Crippen molar-refractivity contribution in [1.82, 2.24) is 10.1 Å². The Morgan fingerprint density at radius 3 is 2.76 bits per heavy atom. The van der Waals surface area contributed by atoms with Crippen LogP contribution in [0.5, 0.6) is 0 Å². The minimum Gasteiger partial charge on any atom is -0.337 e. The smallest absolute Gasteiger partial charge is 0.246 e. The SMILES string of the molecule is CC1CCC(N)(c2nc(Cc3ccccc3Br)no2)CC1. The average Bonchev–Trinajstić information content (AvgIpc) is 2.94. The largest absolute Gasteiger partial charge is 0.337 e. The van der Waals surface area contributed by atoms with E-state index in [2.05, 4.69) is 39.1 Å². The Morgan fingerprint density at radius 2 is 2.05 bits per heavy atom. The van der Waals surface area contributed by atoms with Crippen LogP contribution in [0.3, 0.4) is 0 Å². The Bertz CT molecular complexity index is 617. The molecule has 1 heterocycles. The van der Waals surface area contributed by atoms with Crippen molar-refractivity contribution in [1.29, 1.82) is 0 Å². The van der Waals surface area contributed by atoms with E-state index in [9.17, 15) is 0 Å². The molecule has 0 spiro atoms. The van der Waals surface area contributed by atoms with Crippen molar-refractivity contribution < 1.29 is 4.52 Å². The van der Waals surface area contributed by atoms with E-state index in [0.717, 1.165) is 41.6 Å². The summed E-state index contributed by atoms with van der Waals surface area (Å²) >= 11 is 3.54. The molecule has 1 saturated carbocycles. The van der Waals surface area contributed by atoms with Gasteiger partial charge >= 0.3 is 0 Å². The Kier molecular flexibility index (Phi) is 4.13. The first-order valence-corrected chi connectivity index (χ1v) is 8.21. The van der Waals surface area contributed by atoms with Gasteiger partial charge in [-0.3, -0.25) is 0 Å². The molecule has 1 aromatic heterocycles. The Balaban J connectivity index is 1.76. The predicted molar refractivity (Wildman–Crippen MR) is 84.7 cm³/mol. The molecule has 2 aromatic rings. The third kappa shape index (κ3) is 3.19. The van der Waals surface area contributed by atoms with Gasteiger partial charge in [0.05, 0.1) is 5.54 Å². The van der Waals surface area contributed by atoms with Crippen LogP contribution in [0.15, 0.2) is 33.3 Å². The van der Waals surface area contributed by atoms with Gasteiger partial charge in [-0.2, -0.15) is 4.98 Å². The van der Waals surface area contributed by atoms with E-state index in [1.807, 2.05) is 18.2 Å². The summed E-state index contributed by atoms with van der Waals surface area (Å²) < 4.78 is 6.51. The topological polar surface area (TPSA) is 64.9 Å². The van der Waals surface area contributed by atoms with Crippen molar-refractivity contribution in [3.05, 3.63) is 46.0 Å². The molecule has 0 unspecified atom stereocenters. The van der Waals surface area contributed by atoms with Crippen molar-refractivity contribution in [2.24, 2.45) is 11.7 Å². The second-order valence-electron chi connectivity index (χ2n) is 6.12. The standard InChI is InChI=1S/C16H20BrN3O/c1-11-6-8-16(18,9-7-11)15-19-14(20-21-15)10-12-4-2-3-5-13(12)17/h2-5,11H,6-10,18H2,1H3. The monoisotopic (exact) mass is 349 g/mol. The zero-order valence-electron chi connectivity index (χ0n) is 12.2. The van der Waals surface area contributed by atoms with Gasteiger partial charge in [0.15, 0.2) is 5.82 Å². The number of aromatic nitrogens is 2. The van der Waals surface area contributed by atoms with Gasteiger partial charge in [0.1, 0.15) is 0 Å². The highest BCUT2D eigenvalue weighted by molar-refractivity contribution is 9.10. The normalized spacial score (nSPS) is 26.0. The van der Waals surface area contributed by atoms with E-state index >= 15 is 0 Å². The molecule has 1 aliphatic rings. The second kappa shape index (κ2) is 5.89. The number of nitrogens with two attached hydrogens (primary N) is 1. The van der Waals surface area contributed by atoms with Crippen LogP contribution in [-0.2, 0) is 12.0 Å². The van der Waals surface area contributed by atoms with Crippen LogP contribution in [0.25, 0.3) is 0 Å². The quantitative estimate of drug-likeness (QED) is 0.915. The van der Waals surface area contributed by atoms with Crippen LogP contribution in [0.1, 0.15) is 49.9 Å². The third-order valence-electron chi connectivity index (χ3n) is 4.37.